The number of hydrogen-bond donors (Lipinski definition) is 0. The van der Waals surface area contributed by atoms with Crippen LogP contribution in [0.3, 0.4) is 0 Å². The van der Waals surface area contributed by atoms with E-state index in [2.05, 4.69) is 0 Å². The molecule has 0 bridgehead atoms. The van der Waals surface area contributed by atoms with Gasteiger partial charge in [0.2, 0.25) is 10.0 Å². The minimum absolute atomic E-state index is 0.308. The van der Waals surface area contributed by atoms with Gasteiger partial charge in [-0.15, -0.1) is 0 Å². The Morgan fingerprint density at radius 3 is 2.47 bits per heavy atom. The van der Waals surface area contributed by atoms with Gasteiger partial charge in [-0.3, -0.25) is 0 Å². The van der Waals surface area contributed by atoms with Gasteiger partial charge in [-0.1, -0.05) is 36.2 Å². The zero-order chi connectivity index (χ0) is 21.6. The fourth-order valence-electron chi connectivity index (χ4n) is 3.61. The summed E-state index contributed by atoms with van der Waals surface area (Å²) < 4.78 is 38.9. The number of ether oxygens (including phenoxy) is 2. The molecule has 5 nitrogen and oxygen atoms in total. The van der Waals surface area contributed by atoms with E-state index in [1.807, 2.05) is 43.3 Å². The molecule has 0 aromatic heterocycles. The molecule has 0 N–H and O–H groups in total. The molecule has 30 heavy (non-hydrogen) atoms. The molecule has 2 aromatic carbocycles. The second kappa shape index (κ2) is 10.4. The van der Waals surface area contributed by atoms with E-state index in [1.54, 1.807) is 19.2 Å². The van der Waals surface area contributed by atoms with Crippen molar-refractivity contribution in [1.82, 2.24) is 4.31 Å². The Kier molecular flexibility index (Phi) is 7.86. The van der Waals surface area contributed by atoms with Gasteiger partial charge in [0.05, 0.1) is 24.7 Å². The second-order valence-corrected chi connectivity index (χ2v) is 9.85. The quantitative estimate of drug-likeness (QED) is 0.440. The molecular formula is C23H29NO4S2. The average Bonchev–Trinajstić information content (AvgIpc) is 2.77. The largest absolute Gasteiger partial charge is 0.497 e. The van der Waals surface area contributed by atoms with Crippen LogP contribution < -0.4 is 4.74 Å². The van der Waals surface area contributed by atoms with Gasteiger partial charge in [0.25, 0.3) is 0 Å². The van der Waals surface area contributed by atoms with E-state index in [0.29, 0.717) is 29.5 Å². The van der Waals surface area contributed by atoms with Crippen molar-refractivity contribution < 1.29 is 17.9 Å². The highest BCUT2D eigenvalue weighted by atomic mass is 32.2. The fourth-order valence-corrected chi connectivity index (χ4v) is 5.66. The summed E-state index contributed by atoms with van der Waals surface area (Å²) in [5.74, 6) is 0.836. The average molecular weight is 448 g/mol. The lowest BCUT2D eigenvalue weighted by Crippen LogP contribution is -2.48. The molecule has 1 fully saturated rings. The van der Waals surface area contributed by atoms with Gasteiger partial charge in [0, 0.05) is 6.54 Å². The maximum atomic E-state index is 13.2. The predicted molar refractivity (Wildman–Crippen MR) is 123 cm³/mol. The van der Waals surface area contributed by atoms with Crippen LogP contribution in [0.1, 0.15) is 36.8 Å². The lowest BCUT2D eigenvalue weighted by Gasteiger charge is -2.34. The predicted octanol–water partition coefficient (Wildman–Crippen LogP) is 4.52. The first-order chi connectivity index (χ1) is 14.4. The first-order valence-corrected chi connectivity index (χ1v) is 12.1. The van der Waals surface area contributed by atoms with Crippen molar-refractivity contribution in [2.45, 2.75) is 50.0 Å². The highest BCUT2D eigenvalue weighted by Gasteiger charge is 2.36. The SMILES string of the molecule is COc1ccc(CCCOC(=S)C2CCCCN2S(=O)(=O)c2ccc(C)cc2)cc1. The number of aryl methyl sites for hydroxylation is 2. The van der Waals surface area contributed by atoms with Crippen molar-refractivity contribution in [3.63, 3.8) is 0 Å². The van der Waals surface area contributed by atoms with E-state index in [4.69, 9.17) is 21.7 Å². The number of nitrogens with zero attached hydrogens (tertiary/aromatic N) is 1. The Hall–Kier alpha value is -1.96. The van der Waals surface area contributed by atoms with Gasteiger partial charge in [-0.2, -0.15) is 4.31 Å². The van der Waals surface area contributed by atoms with Gasteiger partial charge in [0.15, 0.2) is 5.05 Å². The minimum atomic E-state index is -3.60. The molecular weight excluding hydrogens is 418 g/mol. The van der Waals surface area contributed by atoms with E-state index in [0.717, 1.165) is 37.0 Å². The molecule has 0 amide bonds. The first kappa shape index (κ1) is 22.7. The minimum Gasteiger partial charge on any atom is -0.497 e. The molecule has 1 aliphatic heterocycles. The Balaban J connectivity index is 1.58. The maximum absolute atomic E-state index is 13.2. The molecule has 1 heterocycles. The van der Waals surface area contributed by atoms with Gasteiger partial charge in [-0.05, 0) is 74.7 Å². The van der Waals surface area contributed by atoms with Gasteiger partial charge >= 0.3 is 0 Å². The molecule has 1 aliphatic rings. The highest BCUT2D eigenvalue weighted by molar-refractivity contribution is 7.89. The van der Waals surface area contributed by atoms with E-state index in [1.165, 1.54) is 9.87 Å². The highest BCUT2D eigenvalue weighted by Crippen LogP contribution is 2.27. The van der Waals surface area contributed by atoms with Crippen LogP contribution in [0.5, 0.6) is 5.75 Å². The molecule has 3 rings (SSSR count). The molecule has 1 saturated heterocycles. The first-order valence-electron chi connectivity index (χ1n) is 10.3. The normalized spacial score (nSPS) is 17.5. The second-order valence-electron chi connectivity index (χ2n) is 7.56. The smallest absolute Gasteiger partial charge is 0.243 e. The summed E-state index contributed by atoms with van der Waals surface area (Å²) in [5.41, 5.74) is 2.23. The number of thiocarbonyl (C=S) groups is 1. The number of methoxy groups -OCH3 is 1. The molecule has 1 unspecified atom stereocenters. The standard InChI is InChI=1S/C23H29NO4S2/c1-18-8-14-21(15-9-18)30(25,26)24-16-4-3-7-22(24)23(29)28-17-5-6-19-10-12-20(27-2)13-11-19/h8-15,22H,3-7,16-17H2,1-2H3. The molecule has 162 valence electrons. The molecule has 0 radical (unpaired) electrons. The van der Waals surface area contributed by atoms with Crippen molar-refractivity contribution in [2.75, 3.05) is 20.3 Å². The van der Waals surface area contributed by atoms with Gasteiger partial charge in [0.1, 0.15) is 5.75 Å². The van der Waals surface area contributed by atoms with Crippen molar-refractivity contribution in [3.05, 3.63) is 59.7 Å². The van der Waals surface area contributed by atoms with Crippen LogP contribution in [0.2, 0.25) is 0 Å². The maximum Gasteiger partial charge on any atom is 0.243 e. The number of piperidine rings is 1. The van der Waals surface area contributed by atoms with Crippen LogP contribution in [0, 0.1) is 6.92 Å². The summed E-state index contributed by atoms with van der Waals surface area (Å²) in [5, 5.41) is 0.375. The molecule has 7 heteroatoms. The molecule has 0 spiro atoms. The third kappa shape index (κ3) is 5.59. The lowest BCUT2D eigenvalue weighted by atomic mass is 10.1. The third-order valence-electron chi connectivity index (χ3n) is 5.37. The fraction of sp³-hybridized carbons (Fsp3) is 0.435. The third-order valence-corrected chi connectivity index (χ3v) is 7.68. The monoisotopic (exact) mass is 447 g/mol. The summed E-state index contributed by atoms with van der Waals surface area (Å²) in [4.78, 5) is 0.308. The number of benzene rings is 2. The Bertz CT molecular complexity index is 940. The van der Waals surface area contributed by atoms with Crippen LogP contribution in [-0.2, 0) is 21.2 Å². The van der Waals surface area contributed by atoms with E-state index in [9.17, 15) is 8.42 Å². The number of sulfonamides is 1. The summed E-state index contributed by atoms with van der Waals surface area (Å²) in [6.07, 6.45) is 4.15. The van der Waals surface area contributed by atoms with Crippen LogP contribution in [-0.4, -0.2) is 44.1 Å². The lowest BCUT2D eigenvalue weighted by molar-refractivity contribution is 0.238. The summed E-state index contributed by atoms with van der Waals surface area (Å²) in [7, 11) is -1.95. The Labute approximate surface area is 185 Å². The Morgan fingerprint density at radius 2 is 1.80 bits per heavy atom. The molecule has 0 aliphatic carbocycles. The number of hydrogen-bond acceptors (Lipinski definition) is 5. The summed E-state index contributed by atoms with van der Waals surface area (Å²) >= 11 is 5.51. The van der Waals surface area contributed by atoms with Crippen LogP contribution in [0.15, 0.2) is 53.4 Å². The molecule has 2 aromatic rings. The summed E-state index contributed by atoms with van der Waals surface area (Å²) in [6.45, 7) is 2.88. The summed E-state index contributed by atoms with van der Waals surface area (Å²) in [6, 6.07) is 14.5. The Morgan fingerprint density at radius 1 is 1.10 bits per heavy atom. The van der Waals surface area contributed by atoms with Crippen molar-refractivity contribution in [2.24, 2.45) is 0 Å². The topological polar surface area (TPSA) is 55.8 Å². The molecule has 1 atom stereocenters. The van der Waals surface area contributed by atoms with Crippen molar-refractivity contribution in [3.8, 4) is 5.75 Å². The number of rotatable bonds is 8. The van der Waals surface area contributed by atoms with Crippen molar-refractivity contribution >= 4 is 27.3 Å². The van der Waals surface area contributed by atoms with Gasteiger partial charge < -0.3 is 9.47 Å². The zero-order valence-corrected chi connectivity index (χ0v) is 19.2. The van der Waals surface area contributed by atoms with Crippen LogP contribution in [0.25, 0.3) is 0 Å². The van der Waals surface area contributed by atoms with Crippen LogP contribution in [0.4, 0.5) is 0 Å². The van der Waals surface area contributed by atoms with E-state index in [-0.39, 0.29) is 6.04 Å². The van der Waals surface area contributed by atoms with E-state index >= 15 is 0 Å². The van der Waals surface area contributed by atoms with Gasteiger partial charge in [-0.25, -0.2) is 8.42 Å². The van der Waals surface area contributed by atoms with E-state index < -0.39 is 10.0 Å². The van der Waals surface area contributed by atoms with Crippen molar-refractivity contribution in [1.29, 1.82) is 0 Å². The molecule has 0 saturated carbocycles. The zero-order valence-electron chi connectivity index (χ0n) is 17.5. The van der Waals surface area contributed by atoms with Crippen LogP contribution >= 0.6 is 12.2 Å².